The third-order valence-electron chi connectivity index (χ3n) is 5.76. The minimum Gasteiger partial charge on any atom is -0.497 e. The Morgan fingerprint density at radius 3 is 2.50 bits per heavy atom. The molecule has 0 aromatic heterocycles. The van der Waals surface area contributed by atoms with E-state index in [2.05, 4.69) is 10.6 Å². The summed E-state index contributed by atoms with van der Waals surface area (Å²) in [5, 5.41) is 5.77. The van der Waals surface area contributed by atoms with Gasteiger partial charge in [0.2, 0.25) is 15.9 Å². The zero-order valence-electron chi connectivity index (χ0n) is 17.9. The fourth-order valence-corrected chi connectivity index (χ4v) is 5.27. The average Bonchev–Trinajstić information content (AvgIpc) is 3.63. The van der Waals surface area contributed by atoms with Crippen molar-refractivity contribution >= 4 is 27.5 Å². The molecule has 8 nitrogen and oxygen atoms in total. The van der Waals surface area contributed by atoms with Crippen molar-refractivity contribution in [3.8, 4) is 5.75 Å². The number of hydrogen-bond acceptors (Lipinski definition) is 5. The van der Waals surface area contributed by atoms with Gasteiger partial charge >= 0.3 is 0 Å². The number of nitrogens with one attached hydrogen (secondary N) is 2. The van der Waals surface area contributed by atoms with E-state index in [1.165, 1.54) is 23.5 Å². The number of amides is 2. The molecule has 0 unspecified atom stereocenters. The summed E-state index contributed by atoms with van der Waals surface area (Å²) in [5.74, 6) is -0.300. The topological polar surface area (TPSA) is 105 Å². The van der Waals surface area contributed by atoms with Crippen molar-refractivity contribution in [1.82, 2.24) is 9.62 Å². The quantitative estimate of drug-likeness (QED) is 0.665. The number of nitrogens with zero attached hydrogens (tertiary/aromatic N) is 1. The molecule has 2 N–H and O–H groups in total. The second kappa shape index (κ2) is 9.30. The van der Waals surface area contributed by atoms with E-state index in [4.69, 9.17) is 4.74 Å². The van der Waals surface area contributed by atoms with Crippen LogP contribution in [-0.4, -0.2) is 50.8 Å². The number of carbonyl (C=O) groups is 2. The lowest BCUT2D eigenvalue weighted by atomic mass is 9.98. The summed E-state index contributed by atoms with van der Waals surface area (Å²) in [7, 11) is -2.18. The molecule has 1 atom stereocenters. The van der Waals surface area contributed by atoms with E-state index >= 15 is 0 Å². The standard InChI is InChI=1S/C23H27N3O5S/c1-31-20-9-11-21(12-10-20)32(29,30)26-13-3-5-17(15-26)23(28)25-19-6-2-4-16(14-19)22(27)24-18-7-8-18/h2,4,6,9-12,14,17-18H,3,5,7-8,13,15H2,1H3,(H,24,27)(H,25,28)/t17-/m0/s1. The largest absolute Gasteiger partial charge is 0.497 e. The van der Waals surface area contributed by atoms with Gasteiger partial charge in [-0.25, -0.2) is 8.42 Å². The molecule has 1 saturated carbocycles. The molecule has 1 heterocycles. The molecule has 2 aromatic carbocycles. The number of rotatable bonds is 7. The third-order valence-corrected chi connectivity index (χ3v) is 7.64. The second-order valence-corrected chi connectivity index (χ2v) is 10.1. The maximum atomic E-state index is 13.0. The fraction of sp³-hybridized carbons (Fsp3) is 0.391. The van der Waals surface area contributed by atoms with Gasteiger partial charge in [-0.05, 0) is 68.1 Å². The minimum absolute atomic E-state index is 0.113. The maximum absolute atomic E-state index is 13.0. The van der Waals surface area contributed by atoms with Crippen LogP contribution in [0.25, 0.3) is 0 Å². The van der Waals surface area contributed by atoms with Gasteiger partial charge in [-0.3, -0.25) is 9.59 Å². The van der Waals surface area contributed by atoms with Gasteiger partial charge in [-0.2, -0.15) is 4.31 Å². The highest BCUT2D eigenvalue weighted by molar-refractivity contribution is 7.89. The average molecular weight is 458 g/mol. The van der Waals surface area contributed by atoms with Crippen LogP contribution in [-0.2, 0) is 14.8 Å². The van der Waals surface area contributed by atoms with Crippen molar-refractivity contribution in [1.29, 1.82) is 0 Å². The molecule has 0 spiro atoms. The van der Waals surface area contributed by atoms with Crippen molar-refractivity contribution < 1.29 is 22.7 Å². The molecule has 170 valence electrons. The number of piperidine rings is 1. The first kappa shape index (κ1) is 22.3. The van der Waals surface area contributed by atoms with Crippen LogP contribution >= 0.6 is 0 Å². The van der Waals surface area contributed by atoms with Crippen molar-refractivity contribution in [3.63, 3.8) is 0 Å². The molecule has 0 bridgehead atoms. The van der Waals surface area contributed by atoms with Crippen LogP contribution in [0.2, 0.25) is 0 Å². The Labute approximate surface area is 188 Å². The zero-order chi connectivity index (χ0) is 22.7. The van der Waals surface area contributed by atoms with E-state index in [1.54, 1.807) is 36.4 Å². The summed E-state index contributed by atoms with van der Waals surface area (Å²) in [6.07, 6.45) is 3.19. The first-order valence-corrected chi connectivity index (χ1v) is 12.2. The Kier molecular flexibility index (Phi) is 6.48. The lowest BCUT2D eigenvalue weighted by Crippen LogP contribution is -2.43. The number of benzene rings is 2. The van der Waals surface area contributed by atoms with E-state index in [1.807, 2.05) is 0 Å². The highest BCUT2D eigenvalue weighted by atomic mass is 32.2. The van der Waals surface area contributed by atoms with Gasteiger partial charge in [0, 0.05) is 30.4 Å². The Morgan fingerprint density at radius 1 is 1.06 bits per heavy atom. The van der Waals surface area contributed by atoms with E-state index in [9.17, 15) is 18.0 Å². The van der Waals surface area contributed by atoms with Gasteiger partial charge in [0.1, 0.15) is 5.75 Å². The van der Waals surface area contributed by atoms with E-state index in [-0.39, 0.29) is 29.3 Å². The van der Waals surface area contributed by atoms with Crippen LogP contribution in [0.3, 0.4) is 0 Å². The van der Waals surface area contributed by atoms with Crippen LogP contribution in [0.5, 0.6) is 5.75 Å². The molecule has 0 radical (unpaired) electrons. The summed E-state index contributed by atoms with van der Waals surface area (Å²) in [4.78, 5) is 25.3. The molecule has 1 aliphatic heterocycles. The molecular formula is C23H27N3O5S. The Bertz CT molecular complexity index is 1100. The third kappa shape index (κ3) is 5.11. The number of anilines is 1. The molecule has 2 aromatic rings. The van der Waals surface area contributed by atoms with E-state index in [0.717, 1.165) is 12.8 Å². The monoisotopic (exact) mass is 457 g/mol. The van der Waals surface area contributed by atoms with Crippen LogP contribution in [0.15, 0.2) is 53.4 Å². The highest BCUT2D eigenvalue weighted by Gasteiger charge is 2.33. The zero-order valence-corrected chi connectivity index (χ0v) is 18.7. The molecule has 2 fully saturated rings. The van der Waals surface area contributed by atoms with E-state index < -0.39 is 15.9 Å². The fourth-order valence-electron chi connectivity index (χ4n) is 3.75. The van der Waals surface area contributed by atoms with Crippen molar-refractivity contribution in [2.24, 2.45) is 5.92 Å². The van der Waals surface area contributed by atoms with Crippen molar-refractivity contribution in [2.75, 3.05) is 25.5 Å². The maximum Gasteiger partial charge on any atom is 0.251 e. The van der Waals surface area contributed by atoms with Crippen LogP contribution in [0, 0.1) is 5.92 Å². The lowest BCUT2D eigenvalue weighted by Gasteiger charge is -2.31. The summed E-state index contributed by atoms with van der Waals surface area (Å²) in [6.45, 7) is 0.483. The summed E-state index contributed by atoms with van der Waals surface area (Å²) in [5.41, 5.74) is 1.01. The number of methoxy groups -OCH3 is 1. The Balaban J connectivity index is 1.41. The summed E-state index contributed by atoms with van der Waals surface area (Å²) < 4.78 is 32.5. The Hall–Kier alpha value is -2.91. The summed E-state index contributed by atoms with van der Waals surface area (Å²) in [6, 6.07) is 13.3. The molecule has 2 aliphatic rings. The molecule has 9 heteroatoms. The number of hydrogen-bond donors (Lipinski definition) is 2. The van der Waals surface area contributed by atoms with Crippen LogP contribution in [0.4, 0.5) is 5.69 Å². The first-order chi connectivity index (χ1) is 15.4. The van der Waals surface area contributed by atoms with Gasteiger partial charge in [-0.1, -0.05) is 6.07 Å². The van der Waals surface area contributed by atoms with Gasteiger partial charge in [0.05, 0.1) is 17.9 Å². The SMILES string of the molecule is COc1ccc(S(=O)(=O)N2CCC[C@H](C(=O)Nc3cccc(C(=O)NC4CC4)c3)C2)cc1. The molecule has 4 rings (SSSR count). The summed E-state index contributed by atoms with van der Waals surface area (Å²) >= 11 is 0. The molecule has 1 aliphatic carbocycles. The first-order valence-electron chi connectivity index (χ1n) is 10.7. The smallest absolute Gasteiger partial charge is 0.251 e. The van der Waals surface area contributed by atoms with Crippen molar-refractivity contribution in [3.05, 3.63) is 54.1 Å². The van der Waals surface area contributed by atoms with Gasteiger partial charge in [0.25, 0.3) is 5.91 Å². The number of ether oxygens (including phenoxy) is 1. The number of sulfonamides is 1. The van der Waals surface area contributed by atoms with Gasteiger partial charge < -0.3 is 15.4 Å². The molecule has 32 heavy (non-hydrogen) atoms. The predicted molar refractivity (Wildman–Crippen MR) is 120 cm³/mol. The van der Waals surface area contributed by atoms with Crippen LogP contribution in [0.1, 0.15) is 36.0 Å². The van der Waals surface area contributed by atoms with Gasteiger partial charge in [0.15, 0.2) is 0 Å². The lowest BCUT2D eigenvalue weighted by molar-refractivity contribution is -0.120. The molecule has 1 saturated heterocycles. The molecule has 2 amide bonds. The van der Waals surface area contributed by atoms with Crippen LogP contribution < -0.4 is 15.4 Å². The van der Waals surface area contributed by atoms with Crippen molar-refractivity contribution in [2.45, 2.75) is 36.6 Å². The minimum atomic E-state index is -3.71. The predicted octanol–water partition coefficient (Wildman–Crippen LogP) is 2.63. The number of carbonyl (C=O) groups excluding carboxylic acids is 2. The normalized spacial score (nSPS) is 19.2. The Morgan fingerprint density at radius 2 is 1.81 bits per heavy atom. The highest BCUT2D eigenvalue weighted by Crippen LogP contribution is 2.26. The second-order valence-electron chi connectivity index (χ2n) is 8.20. The van der Waals surface area contributed by atoms with E-state index in [0.29, 0.717) is 36.4 Å². The van der Waals surface area contributed by atoms with Gasteiger partial charge in [-0.15, -0.1) is 0 Å². The molecular weight excluding hydrogens is 430 g/mol.